The summed E-state index contributed by atoms with van der Waals surface area (Å²) in [4.78, 5) is 40.2. The molecule has 0 spiro atoms. The lowest BCUT2D eigenvalue weighted by Gasteiger charge is -2.05. The number of amides is 1. The van der Waals surface area contributed by atoms with Crippen LogP contribution in [0.2, 0.25) is 0 Å². The van der Waals surface area contributed by atoms with E-state index in [0.29, 0.717) is 21.3 Å². The molecule has 0 saturated carbocycles. The third-order valence-electron chi connectivity index (χ3n) is 3.97. The van der Waals surface area contributed by atoms with Crippen LogP contribution in [0.15, 0.2) is 47.5 Å². The topological polar surface area (TPSA) is 77.7 Å². The van der Waals surface area contributed by atoms with Gasteiger partial charge in [0.1, 0.15) is 12.4 Å². The third-order valence-corrected chi connectivity index (χ3v) is 5.01. The molecule has 2 aromatic carbocycles. The van der Waals surface area contributed by atoms with Crippen LogP contribution < -0.4 is 4.80 Å². The number of rotatable bonds is 5. The molecule has 144 valence electrons. The second kappa shape index (κ2) is 8.26. The Labute approximate surface area is 163 Å². The lowest BCUT2D eigenvalue weighted by Crippen LogP contribution is -2.23. The number of nitrogens with zero attached hydrogens (tertiary/aromatic N) is 2. The SMILES string of the molecule is CCOC(=O)Cn1c(=NC(=O)c2ccc(C(C)=O)cc2)sc2cc(F)ccc21. The number of hydrogen-bond donors (Lipinski definition) is 0. The molecule has 0 aliphatic rings. The summed E-state index contributed by atoms with van der Waals surface area (Å²) in [5, 5.41) is 0. The van der Waals surface area contributed by atoms with E-state index in [1.807, 2.05) is 0 Å². The number of carbonyl (C=O) groups excluding carboxylic acids is 3. The Balaban J connectivity index is 2.05. The van der Waals surface area contributed by atoms with Crippen LogP contribution in [-0.2, 0) is 16.1 Å². The highest BCUT2D eigenvalue weighted by atomic mass is 32.1. The van der Waals surface area contributed by atoms with Crippen molar-refractivity contribution < 1.29 is 23.5 Å². The summed E-state index contributed by atoms with van der Waals surface area (Å²) in [6, 6.07) is 10.3. The van der Waals surface area contributed by atoms with Gasteiger partial charge in [-0.05, 0) is 44.2 Å². The standard InChI is InChI=1S/C20H17FN2O4S/c1-3-27-18(25)11-23-16-9-8-15(21)10-17(16)28-20(23)22-19(26)14-6-4-13(5-7-14)12(2)24/h4-10H,3,11H2,1-2H3. The van der Waals surface area contributed by atoms with Crippen LogP contribution in [0.5, 0.6) is 0 Å². The van der Waals surface area contributed by atoms with Gasteiger partial charge in [-0.1, -0.05) is 23.5 Å². The number of hydrogen-bond acceptors (Lipinski definition) is 5. The van der Waals surface area contributed by atoms with Gasteiger partial charge in [0.2, 0.25) is 0 Å². The van der Waals surface area contributed by atoms with Crippen LogP contribution in [0, 0.1) is 5.82 Å². The van der Waals surface area contributed by atoms with E-state index >= 15 is 0 Å². The molecule has 28 heavy (non-hydrogen) atoms. The van der Waals surface area contributed by atoms with Crippen molar-refractivity contribution >= 4 is 39.2 Å². The number of aromatic nitrogens is 1. The van der Waals surface area contributed by atoms with Crippen LogP contribution in [0.25, 0.3) is 10.2 Å². The average molecular weight is 400 g/mol. The highest BCUT2D eigenvalue weighted by Crippen LogP contribution is 2.19. The highest BCUT2D eigenvalue weighted by Gasteiger charge is 2.13. The number of fused-ring (bicyclic) bond motifs is 1. The van der Waals surface area contributed by atoms with Crippen molar-refractivity contribution in [2.24, 2.45) is 4.99 Å². The van der Waals surface area contributed by atoms with Gasteiger partial charge in [-0.25, -0.2) is 4.39 Å². The summed E-state index contributed by atoms with van der Waals surface area (Å²) in [5.41, 5.74) is 1.38. The Kier molecular flexibility index (Phi) is 5.79. The third kappa shape index (κ3) is 4.23. The van der Waals surface area contributed by atoms with Crippen molar-refractivity contribution in [1.29, 1.82) is 0 Å². The molecule has 0 atom stereocenters. The molecule has 0 radical (unpaired) electrons. The van der Waals surface area contributed by atoms with E-state index in [-0.39, 0.29) is 23.7 Å². The highest BCUT2D eigenvalue weighted by molar-refractivity contribution is 7.16. The maximum absolute atomic E-state index is 13.6. The second-order valence-corrected chi connectivity index (χ2v) is 6.95. The first kappa shape index (κ1) is 19.6. The maximum Gasteiger partial charge on any atom is 0.326 e. The number of carbonyl (C=O) groups is 3. The molecule has 0 unspecified atom stereocenters. The van der Waals surface area contributed by atoms with E-state index in [1.165, 1.54) is 41.8 Å². The predicted molar refractivity (Wildman–Crippen MR) is 103 cm³/mol. The summed E-state index contributed by atoms with van der Waals surface area (Å²) < 4.78 is 20.6. The number of ketones is 1. The molecule has 0 N–H and O–H groups in total. The van der Waals surface area contributed by atoms with E-state index in [4.69, 9.17) is 4.74 Å². The van der Waals surface area contributed by atoms with E-state index in [0.717, 1.165) is 11.3 Å². The minimum Gasteiger partial charge on any atom is -0.465 e. The fourth-order valence-corrected chi connectivity index (χ4v) is 3.67. The van der Waals surface area contributed by atoms with Gasteiger partial charge in [-0.15, -0.1) is 0 Å². The zero-order valence-electron chi connectivity index (χ0n) is 15.3. The first-order valence-corrected chi connectivity index (χ1v) is 9.35. The Morgan fingerprint density at radius 3 is 2.43 bits per heavy atom. The average Bonchev–Trinajstić information content (AvgIpc) is 2.98. The van der Waals surface area contributed by atoms with Crippen LogP contribution >= 0.6 is 11.3 Å². The van der Waals surface area contributed by atoms with E-state index in [9.17, 15) is 18.8 Å². The van der Waals surface area contributed by atoms with Crippen molar-refractivity contribution in [3.05, 3.63) is 64.2 Å². The zero-order valence-corrected chi connectivity index (χ0v) is 16.1. The normalized spacial score (nSPS) is 11.6. The van der Waals surface area contributed by atoms with E-state index in [2.05, 4.69) is 4.99 Å². The number of halogens is 1. The maximum atomic E-state index is 13.6. The molecule has 0 bridgehead atoms. The molecule has 1 heterocycles. The van der Waals surface area contributed by atoms with Gasteiger partial charge in [-0.3, -0.25) is 14.4 Å². The fraction of sp³-hybridized carbons (Fsp3) is 0.200. The second-order valence-electron chi connectivity index (χ2n) is 5.94. The Morgan fingerprint density at radius 2 is 1.79 bits per heavy atom. The predicted octanol–water partition coefficient (Wildman–Crippen LogP) is 3.35. The zero-order chi connectivity index (χ0) is 20.3. The molecule has 0 aliphatic heterocycles. The van der Waals surface area contributed by atoms with Gasteiger partial charge in [0, 0.05) is 11.1 Å². The number of thiazole rings is 1. The molecule has 3 rings (SSSR count). The Bertz CT molecular complexity index is 1130. The largest absolute Gasteiger partial charge is 0.465 e. The summed E-state index contributed by atoms with van der Waals surface area (Å²) in [5.74, 6) is -1.53. The molecule has 0 saturated heterocycles. The molecule has 3 aromatic rings. The lowest BCUT2D eigenvalue weighted by atomic mass is 10.1. The summed E-state index contributed by atoms with van der Waals surface area (Å²) in [7, 11) is 0. The molecule has 0 aliphatic carbocycles. The minimum atomic E-state index is -0.528. The quantitative estimate of drug-likeness (QED) is 0.486. The minimum absolute atomic E-state index is 0.102. The van der Waals surface area contributed by atoms with Crippen molar-refractivity contribution in [1.82, 2.24) is 4.57 Å². The first-order chi connectivity index (χ1) is 13.4. The number of esters is 1. The van der Waals surface area contributed by atoms with E-state index < -0.39 is 17.7 Å². The monoisotopic (exact) mass is 400 g/mol. The van der Waals surface area contributed by atoms with Crippen LogP contribution in [0.4, 0.5) is 4.39 Å². The number of benzene rings is 2. The van der Waals surface area contributed by atoms with Gasteiger partial charge in [-0.2, -0.15) is 4.99 Å². The molecule has 6 nitrogen and oxygen atoms in total. The Morgan fingerprint density at radius 1 is 1.11 bits per heavy atom. The lowest BCUT2D eigenvalue weighted by molar-refractivity contribution is -0.143. The van der Waals surface area contributed by atoms with Crippen LogP contribution in [0.1, 0.15) is 34.6 Å². The molecule has 1 aromatic heterocycles. The molecular formula is C20H17FN2O4S. The van der Waals surface area contributed by atoms with E-state index in [1.54, 1.807) is 19.1 Å². The van der Waals surface area contributed by atoms with Crippen LogP contribution in [0.3, 0.4) is 0 Å². The number of ether oxygens (including phenoxy) is 1. The Hall–Kier alpha value is -3.13. The summed E-state index contributed by atoms with van der Waals surface area (Å²) in [6.45, 7) is 3.22. The first-order valence-electron chi connectivity index (χ1n) is 8.53. The van der Waals surface area contributed by atoms with Crippen molar-refractivity contribution in [3.8, 4) is 0 Å². The number of Topliss-reactive ketones (excluding diaryl/α,β-unsaturated/α-hetero) is 1. The molecule has 1 amide bonds. The van der Waals surface area contributed by atoms with Gasteiger partial charge in [0.25, 0.3) is 5.91 Å². The molecule has 0 fully saturated rings. The van der Waals surface area contributed by atoms with Gasteiger partial charge in [0.05, 0.1) is 16.8 Å². The summed E-state index contributed by atoms with van der Waals surface area (Å²) >= 11 is 1.10. The van der Waals surface area contributed by atoms with Crippen molar-refractivity contribution in [2.75, 3.05) is 6.61 Å². The van der Waals surface area contributed by atoms with Crippen molar-refractivity contribution in [2.45, 2.75) is 20.4 Å². The summed E-state index contributed by atoms with van der Waals surface area (Å²) in [6.07, 6.45) is 0. The van der Waals surface area contributed by atoms with Gasteiger partial charge in [0.15, 0.2) is 10.6 Å². The van der Waals surface area contributed by atoms with Gasteiger partial charge >= 0.3 is 5.97 Å². The molecular weight excluding hydrogens is 383 g/mol. The molecule has 8 heteroatoms. The fourth-order valence-electron chi connectivity index (χ4n) is 2.62. The van der Waals surface area contributed by atoms with Gasteiger partial charge < -0.3 is 9.30 Å². The van der Waals surface area contributed by atoms with Crippen LogP contribution in [-0.4, -0.2) is 28.8 Å². The smallest absolute Gasteiger partial charge is 0.326 e. The van der Waals surface area contributed by atoms with Crippen molar-refractivity contribution in [3.63, 3.8) is 0 Å².